The van der Waals surface area contributed by atoms with Gasteiger partial charge in [0.25, 0.3) is 0 Å². The Morgan fingerprint density at radius 1 is 1.12 bits per heavy atom. The zero-order chi connectivity index (χ0) is 18.4. The van der Waals surface area contributed by atoms with E-state index in [2.05, 4.69) is 5.32 Å². The third-order valence-corrected chi connectivity index (χ3v) is 4.59. The maximum absolute atomic E-state index is 12.9. The lowest BCUT2D eigenvalue weighted by atomic mass is 10.2. The zero-order valence-corrected chi connectivity index (χ0v) is 14.7. The van der Waals surface area contributed by atoms with E-state index in [-0.39, 0.29) is 18.9 Å². The minimum atomic E-state index is -3.64. The Hall–Kier alpha value is -2.61. The Morgan fingerprint density at radius 3 is 2.24 bits per heavy atom. The second-order valence-corrected chi connectivity index (χ2v) is 7.28. The molecule has 0 heterocycles. The number of nitrogens with one attached hydrogen (secondary N) is 1. The first kappa shape index (κ1) is 18.7. The van der Waals surface area contributed by atoms with Gasteiger partial charge in [0.1, 0.15) is 18.1 Å². The quantitative estimate of drug-likeness (QED) is 0.812. The zero-order valence-electron chi connectivity index (χ0n) is 13.9. The van der Waals surface area contributed by atoms with E-state index < -0.39 is 15.9 Å². The van der Waals surface area contributed by atoms with Gasteiger partial charge >= 0.3 is 0 Å². The molecule has 0 aliphatic heterocycles. The molecular formula is C17H19FN2O4S. The first-order valence-electron chi connectivity index (χ1n) is 7.42. The molecule has 0 atom stereocenters. The molecule has 0 bridgehead atoms. The number of ether oxygens (including phenoxy) is 1. The molecule has 1 N–H and O–H groups in total. The van der Waals surface area contributed by atoms with E-state index in [0.717, 1.165) is 10.6 Å². The van der Waals surface area contributed by atoms with Crippen molar-refractivity contribution in [2.45, 2.75) is 6.54 Å². The number of carbonyl (C=O) groups is 1. The fraction of sp³-hybridized carbons (Fsp3) is 0.235. The number of amides is 1. The molecule has 2 rings (SSSR count). The van der Waals surface area contributed by atoms with Crippen LogP contribution in [-0.2, 0) is 21.4 Å². The summed E-state index contributed by atoms with van der Waals surface area (Å²) in [6.07, 6.45) is 1.03. The van der Waals surface area contributed by atoms with Crippen molar-refractivity contribution < 1.29 is 22.3 Å². The number of halogens is 1. The Kier molecular flexibility index (Phi) is 5.97. The Labute approximate surface area is 146 Å². The second kappa shape index (κ2) is 7.98. The first-order valence-corrected chi connectivity index (χ1v) is 9.27. The summed E-state index contributed by atoms with van der Waals surface area (Å²) in [6, 6.07) is 12.0. The monoisotopic (exact) mass is 366 g/mol. The lowest BCUT2D eigenvalue weighted by Gasteiger charge is -2.22. The van der Waals surface area contributed by atoms with Crippen molar-refractivity contribution in [3.05, 3.63) is 59.9 Å². The summed E-state index contributed by atoms with van der Waals surface area (Å²) in [7, 11) is -2.13. The van der Waals surface area contributed by atoms with E-state index in [1.165, 1.54) is 19.2 Å². The third kappa shape index (κ3) is 5.46. The standard InChI is InChI=1S/C17H19FN2O4S/c1-24-16-9-7-15(8-10-16)20(25(2,22)23)12-17(21)19-11-13-3-5-14(18)6-4-13/h3-10H,11-12H2,1-2H3,(H,19,21). The minimum absolute atomic E-state index is 0.180. The van der Waals surface area contributed by atoms with Gasteiger partial charge in [-0.15, -0.1) is 0 Å². The summed E-state index contributed by atoms with van der Waals surface area (Å²) < 4.78 is 42.9. The van der Waals surface area contributed by atoms with Crippen molar-refractivity contribution in [1.82, 2.24) is 5.32 Å². The lowest BCUT2D eigenvalue weighted by molar-refractivity contribution is -0.119. The van der Waals surface area contributed by atoms with Crippen molar-refractivity contribution in [1.29, 1.82) is 0 Å². The van der Waals surface area contributed by atoms with Crippen molar-refractivity contribution in [2.24, 2.45) is 0 Å². The number of rotatable bonds is 7. The molecule has 0 aliphatic rings. The molecule has 0 spiro atoms. The van der Waals surface area contributed by atoms with E-state index >= 15 is 0 Å². The summed E-state index contributed by atoms with van der Waals surface area (Å²) in [4.78, 5) is 12.1. The molecule has 0 unspecified atom stereocenters. The van der Waals surface area contributed by atoms with Gasteiger partial charge in [-0.25, -0.2) is 12.8 Å². The average molecular weight is 366 g/mol. The van der Waals surface area contributed by atoms with Crippen LogP contribution in [0.2, 0.25) is 0 Å². The van der Waals surface area contributed by atoms with Gasteiger partial charge in [-0.2, -0.15) is 0 Å². The predicted octanol–water partition coefficient (Wildman–Crippen LogP) is 1.92. The number of carbonyl (C=O) groups excluding carboxylic acids is 1. The Morgan fingerprint density at radius 2 is 1.72 bits per heavy atom. The average Bonchev–Trinajstić information content (AvgIpc) is 2.58. The van der Waals surface area contributed by atoms with Crippen LogP contribution >= 0.6 is 0 Å². The summed E-state index contributed by atoms with van der Waals surface area (Å²) >= 11 is 0. The Bertz CT molecular complexity index is 821. The number of hydrogen-bond acceptors (Lipinski definition) is 4. The van der Waals surface area contributed by atoms with Crippen LogP contribution in [-0.4, -0.2) is 34.2 Å². The number of anilines is 1. The number of methoxy groups -OCH3 is 1. The SMILES string of the molecule is COc1ccc(N(CC(=O)NCc2ccc(F)cc2)S(C)(=O)=O)cc1. The number of hydrogen-bond donors (Lipinski definition) is 1. The van der Waals surface area contributed by atoms with Gasteiger partial charge < -0.3 is 10.1 Å². The highest BCUT2D eigenvalue weighted by molar-refractivity contribution is 7.92. The van der Waals surface area contributed by atoms with Crippen LogP contribution in [0, 0.1) is 5.82 Å². The topological polar surface area (TPSA) is 75.7 Å². The summed E-state index contributed by atoms with van der Waals surface area (Å²) in [6.45, 7) is -0.175. The van der Waals surface area contributed by atoms with Crippen LogP contribution in [0.3, 0.4) is 0 Å². The molecular weight excluding hydrogens is 347 g/mol. The van der Waals surface area contributed by atoms with Crippen LogP contribution in [0.1, 0.15) is 5.56 Å². The van der Waals surface area contributed by atoms with Crippen LogP contribution in [0.25, 0.3) is 0 Å². The molecule has 6 nitrogen and oxygen atoms in total. The van der Waals surface area contributed by atoms with Crippen LogP contribution in [0.4, 0.5) is 10.1 Å². The van der Waals surface area contributed by atoms with E-state index in [1.807, 2.05) is 0 Å². The minimum Gasteiger partial charge on any atom is -0.497 e. The van der Waals surface area contributed by atoms with Crippen molar-refractivity contribution in [3.8, 4) is 5.75 Å². The summed E-state index contributed by atoms with van der Waals surface area (Å²) in [5.74, 6) is -0.249. The van der Waals surface area contributed by atoms with Crippen LogP contribution < -0.4 is 14.4 Å². The van der Waals surface area contributed by atoms with Crippen molar-refractivity contribution in [2.75, 3.05) is 24.2 Å². The molecule has 134 valence electrons. The molecule has 2 aromatic rings. The van der Waals surface area contributed by atoms with Gasteiger partial charge in [0.2, 0.25) is 15.9 Å². The Balaban J connectivity index is 2.05. The summed E-state index contributed by atoms with van der Waals surface area (Å²) in [5.41, 5.74) is 1.07. The highest BCUT2D eigenvalue weighted by Crippen LogP contribution is 2.21. The normalized spacial score (nSPS) is 11.0. The van der Waals surface area contributed by atoms with Crippen molar-refractivity contribution >= 4 is 21.6 Å². The molecule has 2 aromatic carbocycles. The van der Waals surface area contributed by atoms with Gasteiger partial charge in [-0.3, -0.25) is 9.10 Å². The molecule has 25 heavy (non-hydrogen) atoms. The second-order valence-electron chi connectivity index (χ2n) is 5.37. The molecule has 0 aliphatic carbocycles. The maximum atomic E-state index is 12.9. The number of sulfonamides is 1. The maximum Gasteiger partial charge on any atom is 0.241 e. The fourth-order valence-corrected chi connectivity index (χ4v) is 2.99. The molecule has 0 fully saturated rings. The molecule has 0 saturated heterocycles. The van der Waals surface area contributed by atoms with E-state index in [0.29, 0.717) is 17.0 Å². The molecule has 0 radical (unpaired) electrons. The van der Waals surface area contributed by atoms with Gasteiger partial charge in [0.15, 0.2) is 0 Å². The van der Waals surface area contributed by atoms with Gasteiger partial charge in [-0.1, -0.05) is 12.1 Å². The largest absolute Gasteiger partial charge is 0.497 e. The molecule has 0 aromatic heterocycles. The van der Waals surface area contributed by atoms with Crippen molar-refractivity contribution in [3.63, 3.8) is 0 Å². The molecule has 1 amide bonds. The first-order chi connectivity index (χ1) is 11.8. The van der Waals surface area contributed by atoms with Crippen LogP contribution in [0.5, 0.6) is 5.75 Å². The highest BCUT2D eigenvalue weighted by Gasteiger charge is 2.20. The summed E-state index contributed by atoms with van der Waals surface area (Å²) in [5, 5.41) is 2.62. The van der Waals surface area contributed by atoms with E-state index in [4.69, 9.17) is 4.74 Å². The lowest BCUT2D eigenvalue weighted by Crippen LogP contribution is -2.40. The number of nitrogens with zero attached hydrogens (tertiary/aromatic N) is 1. The molecule has 0 saturated carbocycles. The van der Waals surface area contributed by atoms with Gasteiger partial charge in [-0.05, 0) is 42.0 Å². The van der Waals surface area contributed by atoms with E-state index in [9.17, 15) is 17.6 Å². The van der Waals surface area contributed by atoms with Gasteiger partial charge in [0.05, 0.1) is 19.1 Å². The molecule has 8 heteroatoms. The fourth-order valence-electron chi connectivity index (χ4n) is 2.14. The number of benzene rings is 2. The predicted molar refractivity (Wildman–Crippen MR) is 93.4 cm³/mol. The third-order valence-electron chi connectivity index (χ3n) is 3.45. The van der Waals surface area contributed by atoms with Gasteiger partial charge in [0, 0.05) is 6.54 Å². The van der Waals surface area contributed by atoms with Crippen LogP contribution in [0.15, 0.2) is 48.5 Å². The smallest absolute Gasteiger partial charge is 0.241 e. The highest BCUT2D eigenvalue weighted by atomic mass is 32.2. The van der Waals surface area contributed by atoms with E-state index in [1.54, 1.807) is 36.4 Å².